The molecule has 4 unspecified atom stereocenters. The van der Waals surface area contributed by atoms with E-state index in [4.69, 9.17) is 9.47 Å². The van der Waals surface area contributed by atoms with E-state index in [9.17, 15) is 9.59 Å². The third kappa shape index (κ3) is 13.3. The second-order valence-corrected chi connectivity index (χ2v) is 26.9. The van der Waals surface area contributed by atoms with Gasteiger partial charge in [-0.15, -0.1) is 0 Å². The summed E-state index contributed by atoms with van der Waals surface area (Å²) < 4.78 is 12.1. The lowest BCUT2D eigenvalue weighted by atomic mass is 9.62. The van der Waals surface area contributed by atoms with Crippen LogP contribution in [-0.2, 0) is 26.7 Å². The Morgan fingerprint density at radius 1 is 0.533 bits per heavy atom. The normalized spacial score (nSPS) is 24.6. The lowest BCUT2D eigenvalue weighted by Crippen LogP contribution is -2.37. The van der Waals surface area contributed by atoms with Crippen LogP contribution in [0.25, 0.3) is 0 Å². The van der Waals surface area contributed by atoms with Gasteiger partial charge < -0.3 is 20.1 Å². The van der Waals surface area contributed by atoms with Crippen LogP contribution in [-0.4, -0.2) is 49.6 Å². The van der Waals surface area contributed by atoms with Gasteiger partial charge in [0.15, 0.2) is 0 Å². The van der Waals surface area contributed by atoms with Crippen LogP contribution in [0.15, 0.2) is 145 Å². The topological polar surface area (TPSA) is 101 Å². The molecule has 0 aromatic heterocycles. The third-order valence-electron chi connectivity index (χ3n) is 17.6. The second-order valence-electron chi connectivity index (χ2n) is 26.9. The first-order chi connectivity index (χ1) is 35.2. The molecule has 0 spiro atoms. The van der Waals surface area contributed by atoms with E-state index >= 15 is 0 Å². The van der Waals surface area contributed by atoms with Crippen molar-refractivity contribution in [2.75, 3.05) is 23.7 Å². The summed E-state index contributed by atoms with van der Waals surface area (Å²) in [6, 6.07) is 34.1. The number of allylic oxidation sites excluding steroid dienone is 6. The van der Waals surface area contributed by atoms with Gasteiger partial charge in [0.25, 0.3) is 0 Å². The molecule has 75 heavy (non-hydrogen) atoms. The van der Waals surface area contributed by atoms with Crippen LogP contribution in [0.4, 0.5) is 21.0 Å². The molecule has 6 atom stereocenters. The number of benzene rings is 4. The largest absolute Gasteiger partial charge is 0.445 e. The molecule has 4 aromatic carbocycles. The molecule has 8 heteroatoms. The highest BCUT2D eigenvalue weighted by Crippen LogP contribution is 2.50. The van der Waals surface area contributed by atoms with Crippen molar-refractivity contribution in [1.82, 2.24) is 10.6 Å². The van der Waals surface area contributed by atoms with Crippen LogP contribution >= 0.6 is 0 Å². The average Bonchev–Trinajstić information content (AvgIpc) is 4.00. The highest BCUT2D eigenvalue weighted by Gasteiger charge is 2.42. The van der Waals surface area contributed by atoms with Gasteiger partial charge in [0, 0.05) is 61.2 Å². The quantitative estimate of drug-likeness (QED) is 0.113. The number of rotatable bonds is 12. The van der Waals surface area contributed by atoms with E-state index in [1.165, 1.54) is 33.4 Å². The lowest BCUT2D eigenvalue weighted by Gasteiger charge is -2.43. The predicted molar refractivity (Wildman–Crippen MR) is 311 cm³/mol. The number of nitrogens with one attached hydrogen (secondary N) is 4. The zero-order chi connectivity index (χ0) is 54.1. The number of carbonyl (C=O) groups is 2. The van der Waals surface area contributed by atoms with Gasteiger partial charge >= 0.3 is 12.2 Å². The maximum absolute atomic E-state index is 13.3. The zero-order valence-electron chi connectivity index (χ0n) is 47.7. The van der Waals surface area contributed by atoms with E-state index < -0.39 is 12.2 Å². The number of hydrogen-bond acceptors (Lipinski definition) is 6. The second kappa shape index (κ2) is 21.7. The van der Waals surface area contributed by atoms with E-state index in [0.717, 1.165) is 30.4 Å². The third-order valence-corrected chi connectivity index (χ3v) is 17.6. The Kier molecular flexibility index (Phi) is 16.1. The van der Waals surface area contributed by atoms with Crippen LogP contribution in [0.1, 0.15) is 162 Å². The van der Waals surface area contributed by atoms with Crippen molar-refractivity contribution in [2.24, 2.45) is 27.6 Å². The van der Waals surface area contributed by atoms with Crippen LogP contribution in [0.2, 0.25) is 0 Å². The monoisotopic (exact) mass is 1010 g/mol. The van der Waals surface area contributed by atoms with E-state index in [-0.39, 0.29) is 68.6 Å². The molecule has 2 aliphatic carbocycles. The number of anilines is 2. The molecule has 2 saturated heterocycles. The molecule has 2 heterocycles. The van der Waals surface area contributed by atoms with Gasteiger partial charge in [0.05, 0.1) is 0 Å². The fraction of sp³-hybridized carbons (Fsp3) is 0.493. The maximum atomic E-state index is 13.3. The van der Waals surface area contributed by atoms with Gasteiger partial charge in [0.2, 0.25) is 0 Å². The van der Waals surface area contributed by atoms with Crippen molar-refractivity contribution in [3.05, 3.63) is 178 Å². The molecule has 0 saturated carbocycles. The molecular formula is C67H88N4O4. The van der Waals surface area contributed by atoms with Crippen molar-refractivity contribution in [1.29, 1.82) is 0 Å². The van der Waals surface area contributed by atoms with Gasteiger partial charge in [-0.25, -0.2) is 9.59 Å². The molecule has 2 fully saturated rings. The van der Waals surface area contributed by atoms with Gasteiger partial charge in [-0.3, -0.25) is 10.6 Å². The Morgan fingerprint density at radius 2 is 0.893 bits per heavy atom. The summed E-state index contributed by atoms with van der Waals surface area (Å²) in [5, 5.41) is 13.4. The van der Waals surface area contributed by atoms with Crippen molar-refractivity contribution < 1.29 is 19.1 Å². The first-order valence-electron chi connectivity index (χ1n) is 27.8. The Labute approximate surface area is 450 Å². The Hall–Kier alpha value is -5.70. The molecular weight excluding hydrogens is 925 g/mol. The van der Waals surface area contributed by atoms with E-state index in [2.05, 4.69) is 203 Å². The maximum Gasteiger partial charge on any atom is 0.411 e. The first-order valence-corrected chi connectivity index (χ1v) is 27.8. The Balaban J connectivity index is 0.818. The number of ether oxygens (including phenoxy) is 2. The fourth-order valence-electron chi connectivity index (χ4n) is 11.2. The molecule has 400 valence electrons. The van der Waals surface area contributed by atoms with Crippen LogP contribution in [0.3, 0.4) is 0 Å². The van der Waals surface area contributed by atoms with Gasteiger partial charge in [-0.1, -0.05) is 206 Å². The number of carbonyl (C=O) groups excluding carboxylic acids is 2. The minimum Gasteiger partial charge on any atom is -0.445 e. The molecule has 8 nitrogen and oxygen atoms in total. The van der Waals surface area contributed by atoms with E-state index in [0.29, 0.717) is 37.3 Å². The van der Waals surface area contributed by atoms with Crippen molar-refractivity contribution in [3.8, 4) is 0 Å². The predicted octanol–water partition coefficient (Wildman–Crippen LogP) is 15.8. The standard InChI is InChI=1S/C67H88N4O4/c1-62(2,3)50-23-19-46(20-24-50)58(47-21-25-51(26-22-47)63(4,5)6)56-40-54(42-68-56)74-60(72)70-52-27-15-44(16-28-52)39-45-17-29-53(30-18-45)71-61(73)75-55-41-57(69-43-55)59(48-31-35-66(13,36-32-48)64(7,8)9)49-33-37-67(14,38-34-49)65(10,11)12/h15-35,37,54-59,68-69H,36,38-43H2,1-14H3,(H,70,72)(H,71,73)/t54-,55-,56?,57?,59?,66?,67?/m1/s1. The first kappa shape index (κ1) is 55.5. The molecule has 4 aromatic rings. The minimum absolute atomic E-state index is 0.0687. The summed E-state index contributed by atoms with van der Waals surface area (Å²) in [7, 11) is 0. The molecule has 2 aliphatic heterocycles. The zero-order valence-corrected chi connectivity index (χ0v) is 47.7. The van der Waals surface area contributed by atoms with E-state index in [1.54, 1.807) is 0 Å². The number of hydrogen-bond donors (Lipinski definition) is 4. The van der Waals surface area contributed by atoms with Gasteiger partial charge in [0.1, 0.15) is 12.2 Å². The lowest BCUT2D eigenvalue weighted by molar-refractivity contribution is 0.118. The van der Waals surface area contributed by atoms with Crippen LogP contribution in [0.5, 0.6) is 0 Å². The highest BCUT2D eigenvalue weighted by molar-refractivity contribution is 5.85. The molecule has 4 aliphatic rings. The van der Waals surface area contributed by atoms with Crippen molar-refractivity contribution >= 4 is 23.6 Å². The van der Waals surface area contributed by atoms with Gasteiger partial charge in [-0.2, -0.15) is 0 Å². The summed E-state index contributed by atoms with van der Waals surface area (Å²) in [4.78, 5) is 26.6. The summed E-state index contributed by atoms with van der Waals surface area (Å²) in [6.45, 7) is 33.3. The van der Waals surface area contributed by atoms with Crippen LogP contribution < -0.4 is 21.3 Å². The molecule has 8 rings (SSSR count). The smallest absolute Gasteiger partial charge is 0.411 e. The average molecular weight is 1010 g/mol. The molecule has 2 amide bonds. The Morgan fingerprint density at radius 3 is 1.21 bits per heavy atom. The summed E-state index contributed by atoms with van der Waals surface area (Å²) >= 11 is 0. The molecule has 0 radical (unpaired) electrons. The van der Waals surface area contributed by atoms with Crippen molar-refractivity contribution in [3.63, 3.8) is 0 Å². The summed E-state index contributed by atoms with van der Waals surface area (Å²) in [5.41, 5.74) is 12.0. The van der Waals surface area contributed by atoms with E-state index in [1.807, 2.05) is 48.5 Å². The van der Waals surface area contributed by atoms with Crippen molar-refractivity contribution in [2.45, 2.75) is 170 Å². The summed E-state index contributed by atoms with van der Waals surface area (Å²) in [5.74, 6) is 0.273. The van der Waals surface area contributed by atoms with Crippen LogP contribution in [0, 0.1) is 27.6 Å². The number of amides is 2. The Bertz CT molecular complexity index is 2650. The minimum atomic E-state index is -0.456. The molecule has 0 bridgehead atoms. The fourth-order valence-corrected chi connectivity index (χ4v) is 11.2. The highest BCUT2D eigenvalue weighted by atomic mass is 16.6. The SMILES string of the molecule is CC(C)(C)c1ccc(C(c2ccc(C(C)(C)C)cc2)C2C[C@@H](OC(=O)Nc3ccc(Cc4ccc(NC(=O)O[C@H]5CNC(C(C6=CCC(C)(C(C)(C)C)C=C6)C6=CCC(C)(C(C)(C)C)C=C6)C5)cc4)cc3)CN2)cc1. The summed E-state index contributed by atoms with van der Waals surface area (Å²) in [6.07, 6.45) is 17.2. The molecule has 4 N–H and O–H groups in total. The van der Waals surface area contributed by atoms with Gasteiger partial charge in [-0.05, 0) is 121 Å².